The molecule has 0 spiro atoms. The van der Waals surface area contributed by atoms with Gasteiger partial charge in [-0.2, -0.15) is 28.2 Å². The number of hydrogen-bond acceptors (Lipinski definition) is 5. The fraction of sp³-hybridized carbons (Fsp3) is 0.211. The molecule has 148 valence electrons. The second-order valence-electron chi connectivity index (χ2n) is 6.33. The van der Waals surface area contributed by atoms with Crippen LogP contribution in [0.2, 0.25) is 0 Å². The van der Waals surface area contributed by atoms with E-state index in [0.717, 1.165) is 12.1 Å². The van der Waals surface area contributed by atoms with E-state index in [-0.39, 0.29) is 5.56 Å². The summed E-state index contributed by atoms with van der Waals surface area (Å²) in [4.78, 5) is 20.8. The van der Waals surface area contributed by atoms with Crippen LogP contribution in [0.25, 0.3) is 5.82 Å². The van der Waals surface area contributed by atoms with Crippen molar-refractivity contribution in [3.8, 4) is 11.9 Å². The summed E-state index contributed by atoms with van der Waals surface area (Å²) in [5.74, 6) is 0.0424. The minimum absolute atomic E-state index is 0.105. The third-order valence-corrected chi connectivity index (χ3v) is 4.07. The van der Waals surface area contributed by atoms with Crippen LogP contribution in [-0.2, 0) is 6.18 Å². The molecule has 0 saturated carbocycles. The number of aromatic nitrogens is 4. The zero-order valence-electron chi connectivity index (χ0n) is 15.4. The Kier molecular flexibility index (Phi) is 5.32. The highest BCUT2D eigenvalue weighted by atomic mass is 19.4. The summed E-state index contributed by atoms with van der Waals surface area (Å²) in [7, 11) is 0. The van der Waals surface area contributed by atoms with E-state index in [0.29, 0.717) is 22.8 Å². The topological polar surface area (TPSA) is 96.5 Å². The van der Waals surface area contributed by atoms with E-state index in [2.05, 4.69) is 20.4 Å². The van der Waals surface area contributed by atoms with E-state index in [9.17, 15) is 18.0 Å². The molecule has 1 atom stereocenters. The summed E-state index contributed by atoms with van der Waals surface area (Å²) >= 11 is 0. The molecule has 2 aromatic heterocycles. The van der Waals surface area contributed by atoms with Crippen molar-refractivity contribution in [1.29, 1.82) is 5.26 Å². The summed E-state index contributed by atoms with van der Waals surface area (Å²) in [6.07, 6.45) is -1.91. The normalized spacial score (nSPS) is 12.3. The van der Waals surface area contributed by atoms with Gasteiger partial charge in [0, 0.05) is 11.8 Å². The first-order valence-corrected chi connectivity index (χ1v) is 8.45. The maximum Gasteiger partial charge on any atom is 0.416 e. The number of carbonyl (C=O) groups excluding carboxylic acids is 1. The van der Waals surface area contributed by atoms with Gasteiger partial charge in [-0.15, -0.1) is 0 Å². The number of nitriles is 1. The number of benzene rings is 1. The molecule has 2 heterocycles. The Morgan fingerprint density at radius 3 is 2.62 bits per heavy atom. The summed E-state index contributed by atoms with van der Waals surface area (Å²) in [5.41, 5.74) is -0.300. The Balaban J connectivity index is 1.84. The lowest BCUT2D eigenvalue weighted by molar-refractivity contribution is -0.137. The van der Waals surface area contributed by atoms with Gasteiger partial charge in [0.1, 0.15) is 12.4 Å². The van der Waals surface area contributed by atoms with Gasteiger partial charge in [0.25, 0.3) is 5.91 Å². The number of halogens is 3. The molecule has 1 aromatic carbocycles. The van der Waals surface area contributed by atoms with Crippen molar-refractivity contribution >= 4 is 5.91 Å². The van der Waals surface area contributed by atoms with Crippen LogP contribution in [0, 0.1) is 18.3 Å². The van der Waals surface area contributed by atoms with E-state index >= 15 is 0 Å². The number of pyridine rings is 1. The average molecular weight is 400 g/mol. The van der Waals surface area contributed by atoms with Crippen molar-refractivity contribution in [2.24, 2.45) is 0 Å². The molecule has 0 fully saturated rings. The second kappa shape index (κ2) is 7.71. The molecule has 0 aliphatic carbocycles. The van der Waals surface area contributed by atoms with E-state index in [1.807, 2.05) is 6.07 Å². The monoisotopic (exact) mass is 400 g/mol. The van der Waals surface area contributed by atoms with Crippen molar-refractivity contribution < 1.29 is 18.0 Å². The fourth-order valence-corrected chi connectivity index (χ4v) is 2.72. The molecule has 0 aliphatic rings. The van der Waals surface area contributed by atoms with Gasteiger partial charge in [-0.25, -0.2) is 9.97 Å². The predicted octanol–water partition coefficient (Wildman–Crippen LogP) is 3.35. The molecule has 3 aromatic rings. The number of nitrogens with zero attached hydrogens (tertiary/aromatic N) is 5. The molecule has 1 N–H and O–H groups in total. The minimum Gasteiger partial charge on any atom is -0.342 e. The van der Waals surface area contributed by atoms with Gasteiger partial charge in [-0.3, -0.25) is 4.79 Å². The number of carbonyl (C=O) groups is 1. The molecule has 0 unspecified atom stereocenters. The van der Waals surface area contributed by atoms with Crippen molar-refractivity contribution in [3.63, 3.8) is 0 Å². The van der Waals surface area contributed by atoms with Crippen LogP contribution in [-0.4, -0.2) is 25.7 Å². The first-order chi connectivity index (χ1) is 13.7. The first kappa shape index (κ1) is 20.0. The molecular formula is C19H15F3N6O. The van der Waals surface area contributed by atoms with Crippen molar-refractivity contribution in [2.75, 3.05) is 0 Å². The number of rotatable bonds is 4. The summed E-state index contributed by atoms with van der Waals surface area (Å²) in [6.45, 7) is 3.12. The molecule has 1 amide bonds. The summed E-state index contributed by atoms with van der Waals surface area (Å²) in [5, 5.41) is 15.5. The Labute approximate surface area is 163 Å². The molecule has 0 radical (unpaired) electrons. The van der Waals surface area contributed by atoms with E-state index in [4.69, 9.17) is 5.26 Å². The quantitative estimate of drug-likeness (QED) is 0.725. The highest BCUT2D eigenvalue weighted by Gasteiger charge is 2.31. The first-order valence-electron chi connectivity index (χ1n) is 8.45. The van der Waals surface area contributed by atoms with Gasteiger partial charge in [0.15, 0.2) is 11.6 Å². The van der Waals surface area contributed by atoms with E-state index in [1.165, 1.54) is 30.2 Å². The second-order valence-corrected chi connectivity index (χ2v) is 6.33. The van der Waals surface area contributed by atoms with Gasteiger partial charge < -0.3 is 5.32 Å². The number of amides is 1. The van der Waals surface area contributed by atoms with Crippen LogP contribution in [0.5, 0.6) is 0 Å². The third-order valence-electron chi connectivity index (χ3n) is 4.07. The molecule has 7 nitrogen and oxygen atoms in total. The standard InChI is InChI=1S/C19H15F3N6O/c1-11-5-14(7-15(6-11)19(20,21)22)18(29)27-12(2)17-25-10-26-28(17)16-4-3-13(8-23)9-24-16/h3-7,9-10,12H,1-2H3,(H,27,29)/t12-/m0/s1. The molecule has 10 heteroatoms. The number of alkyl halides is 3. The lowest BCUT2D eigenvalue weighted by atomic mass is 10.1. The minimum atomic E-state index is -4.55. The van der Waals surface area contributed by atoms with Gasteiger partial charge in [-0.1, -0.05) is 0 Å². The van der Waals surface area contributed by atoms with E-state index in [1.54, 1.807) is 19.1 Å². The summed E-state index contributed by atoms with van der Waals surface area (Å²) < 4.78 is 40.4. The molecular weight excluding hydrogens is 385 g/mol. The largest absolute Gasteiger partial charge is 0.416 e. The van der Waals surface area contributed by atoms with Crippen LogP contribution in [0.15, 0.2) is 42.9 Å². The van der Waals surface area contributed by atoms with Crippen LogP contribution in [0.4, 0.5) is 13.2 Å². The van der Waals surface area contributed by atoms with Gasteiger partial charge in [-0.05, 0) is 49.7 Å². The van der Waals surface area contributed by atoms with Crippen molar-refractivity contribution in [3.05, 3.63) is 70.9 Å². The Bertz CT molecular complexity index is 1080. The number of hydrogen-bond donors (Lipinski definition) is 1. The van der Waals surface area contributed by atoms with Gasteiger partial charge in [0.2, 0.25) is 0 Å². The van der Waals surface area contributed by atoms with Crippen LogP contribution in [0.3, 0.4) is 0 Å². The maximum atomic E-state index is 13.0. The summed E-state index contributed by atoms with van der Waals surface area (Å²) in [6, 6.07) is 7.58. The van der Waals surface area contributed by atoms with E-state index < -0.39 is 23.7 Å². The number of nitrogens with one attached hydrogen (secondary N) is 1. The van der Waals surface area contributed by atoms with Crippen LogP contribution in [0.1, 0.15) is 45.8 Å². The SMILES string of the molecule is Cc1cc(C(=O)N[C@@H](C)c2ncnn2-c2ccc(C#N)cn2)cc(C(F)(F)F)c1. The Morgan fingerprint density at radius 2 is 2.00 bits per heavy atom. The Hall–Kier alpha value is -3.74. The highest BCUT2D eigenvalue weighted by molar-refractivity contribution is 5.94. The Morgan fingerprint density at radius 1 is 1.24 bits per heavy atom. The molecule has 0 saturated heterocycles. The molecule has 29 heavy (non-hydrogen) atoms. The smallest absolute Gasteiger partial charge is 0.342 e. The average Bonchev–Trinajstić information content (AvgIpc) is 3.17. The molecule has 0 aliphatic heterocycles. The van der Waals surface area contributed by atoms with Crippen molar-refractivity contribution in [2.45, 2.75) is 26.1 Å². The number of aryl methyl sites for hydroxylation is 1. The highest BCUT2D eigenvalue weighted by Crippen LogP contribution is 2.30. The molecule has 0 bridgehead atoms. The van der Waals surface area contributed by atoms with Crippen molar-refractivity contribution in [1.82, 2.24) is 25.1 Å². The lowest BCUT2D eigenvalue weighted by Crippen LogP contribution is -2.29. The molecule has 3 rings (SSSR count). The zero-order chi connectivity index (χ0) is 21.2. The fourth-order valence-electron chi connectivity index (χ4n) is 2.72. The predicted molar refractivity (Wildman–Crippen MR) is 95.9 cm³/mol. The van der Waals surface area contributed by atoms with Gasteiger partial charge >= 0.3 is 6.18 Å². The maximum absolute atomic E-state index is 13.0. The van der Waals surface area contributed by atoms with Gasteiger partial charge in [0.05, 0.1) is 17.2 Å². The van der Waals surface area contributed by atoms with Crippen LogP contribution < -0.4 is 5.32 Å². The van der Waals surface area contributed by atoms with Crippen LogP contribution >= 0.6 is 0 Å². The third kappa shape index (κ3) is 4.40. The zero-order valence-corrected chi connectivity index (χ0v) is 15.4. The lowest BCUT2D eigenvalue weighted by Gasteiger charge is -2.15.